The number of benzene rings is 1. The summed E-state index contributed by atoms with van der Waals surface area (Å²) in [6, 6.07) is 8.48. The zero-order valence-electron chi connectivity index (χ0n) is 12.6. The molecule has 2 fully saturated rings. The van der Waals surface area contributed by atoms with Crippen LogP contribution >= 0.6 is 0 Å². The van der Waals surface area contributed by atoms with Gasteiger partial charge in [0.25, 0.3) is 5.91 Å². The summed E-state index contributed by atoms with van der Waals surface area (Å²) in [5.74, 6) is 0.0761. The van der Waals surface area contributed by atoms with Crippen molar-refractivity contribution in [1.82, 2.24) is 5.32 Å². The second-order valence-electron chi connectivity index (χ2n) is 6.19. The van der Waals surface area contributed by atoms with Crippen LogP contribution in [-0.4, -0.2) is 38.3 Å². The summed E-state index contributed by atoms with van der Waals surface area (Å²) in [6.45, 7) is 4.89. The van der Waals surface area contributed by atoms with Crippen molar-refractivity contribution in [2.75, 3.05) is 26.3 Å². The molecule has 21 heavy (non-hydrogen) atoms. The van der Waals surface area contributed by atoms with Crippen LogP contribution in [0.15, 0.2) is 24.3 Å². The number of carbonyl (C=O) groups is 1. The van der Waals surface area contributed by atoms with Gasteiger partial charge < -0.3 is 15.0 Å². The van der Waals surface area contributed by atoms with Crippen molar-refractivity contribution in [3.8, 4) is 0 Å². The topological polar surface area (TPSA) is 42.8 Å². The van der Waals surface area contributed by atoms with Crippen LogP contribution in [-0.2, 0) is 11.3 Å². The molecule has 1 aliphatic carbocycles. The first kappa shape index (κ1) is 14.5. The third-order valence-corrected chi connectivity index (χ3v) is 4.56. The predicted octanol–water partition coefficient (Wildman–Crippen LogP) is 0.774. The molecular weight excluding hydrogens is 264 g/mol. The SMILES string of the molecule is O=C(NC1CCCC1)c1ccc(C[NH+]2CCOCC2)cc1. The molecular formula is C17H25N2O2+. The number of hydrogen-bond acceptors (Lipinski definition) is 2. The van der Waals surface area contributed by atoms with Gasteiger partial charge in [-0.2, -0.15) is 0 Å². The fourth-order valence-electron chi connectivity index (χ4n) is 3.24. The van der Waals surface area contributed by atoms with Crippen molar-refractivity contribution in [2.24, 2.45) is 0 Å². The van der Waals surface area contributed by atoms with E-state index in [0.717, 1.165) is 51.3 Å². The Labute approximate surface area is 126 Å². The van der Waals surface area contributed by atoms with Gasteiger partial charge in [0, 0.05) is 17.2 Å². The van der Waals surface area contributed by atoms with E-state index in [4.69, 9.17) is 4.74 Å². The van der Waals surface area contributed by atoms with E-state index in [9.17, 15) is 4.79 Å². The minimum atomic E-state index is 0.0761. The molecule has 114 valence electrons. The van der Waals surface area contributed by atoms with E-state index in [1.54, 1.807) is 4.90 Å². The molecule has 1 saturated heterocycles. The van der Waals surface area contributed by atoms with Crippen LogP contribution < -0.4 is 10.2 Å². The molecule has 1 amide bonds. The number of carbonyl (C=O) groups excluding carboxylic acids is 1. The van der Waals surface area contributed by atoms with Crippen LogP contribution in [0.2, 0.25) is 0 Å². The molecule has 0 radical (unpaired) electrons. The molecule has 0 atom stereocenters. The van der Waals surface area contributed by atoms with Crippen LogP contribution in [0.25, 0.3) is 0 Å². The Morgan fingerprint density at radius 2 is 1.81 bits per heavy atom. The molecule has 3 rings (SSSR count). The van der Waals surface area contributed by atoms with E-state index in [-0.39, 0.29) is 5.91 Å². The highest BCUT2D eigenvalue weighted by atomic mass is 16.5. The Morgan fingerprint density at radius 1 is 1.14 bits per heavy atom. The fraction of sp³-hybridized carbons (Fsp3) is 0.588. The van der Waals surface area contributed by atoms with Gasteiger partial charge in [-0.3, -0.25) is 4.79 Å². The van der Waals surface area contributed by atoms with Crippen molar-refractivity contribution in [3.05, 3.63) is 35.4 Å². The highest BCUT2D eigenvalue weighted by Crippen LogP contribution is 2.18. The first-order valence-corrected chi connectivity index (χ1v) is 8.12. The summed E-state index contributed by atoms with van der Waals surface area (Å²) in [4.78, 5) is 13.7. The van der Waals surface area contributed by atoms with Gasteiger partial charge in [0.15, 0.2) is 0 Å². The van der Waals surface area contributed by atoms with Gasteiger partial charge in [-0.25, -0.2) is 0 Å². The summed E-state index contributed by atoms with van der Waals surface area (Å²) in [7, 11) is 0. The third kappa shape index (κ3) is 4.05. The molecule has 4 heteroatoms. The first-order chi connectivity index (χ1) is 10.3. The van der Waals surface area contributed by atoms with Gasteiger partial charge in [-0.05, 0) is 25.0 Å². The average Bonchev–Trinajstić information content (AvgIpc) is 3.02. The lowest BCUT2D eigenvalue weighted by Gasteiger charge is -2.23. The largest absolute Gasteiger partial charge is 0.370 e. The Bertz CT molecular complexity index is 460. The molecule has 1 saturated carbocycles. The molecule has 0 spiro atoms. The Balaban J connectivity index is 1.54. The van der Waals surface area contributed by atoms with E-state index < -0.39 is 0 Å². The van der Waals surface area contributed by atoms with E-state index >= 15 is 0 Å². The standard InChI is InChI=1S/C17H24N2O2/c20-17(18-16-3-1-2-4-16)15-7-5-14(6-8-15)13-19-9-11-21-12-10-19/h5-8,16H,1-4,9-13H2,(H,18,20)/p+1. The second-order valence-corrected chi connectivity index (χ2v) is 6.19. The summed E-state index contributed by atoms with van der Waals surface area (Å²) < 4.78 is 5.38. The van der Waals surface area contributed by atoms with Crippen LogP contribution in [0, 0.1) is 0 Å². The van der Waals surface area contributed by atoms with Crippen LogP contribution in [0.1, 0.15) is 41.6 Å². The van der Waals surface area contributed by atoms with Crippen LogP contribution in [0.4, 0.5) is 0 Å². The average molecular weight is 289 g/mol. The highest BCUT2D eigenvalue weighted by molar-refractivity contribution is 5.94. The maximum atomic E-state index is 12.2. The molecule has 1 heterocycles. The number of ether oxygens (including phenoxy) is 1. The smallest absolute Gasteiger partial charge is 0.251 e. The minimum absolute atomic E-state index is 0.0761. The summed E-state index contributed by atoms with van der Waals surface area (Å²) >= 11 is 0. The molecule has 1 aromatic carbocycles. The van der Waals surface area contributed by atoms with Gasteiger partial charge in [0.1, 0.15) is 19.6 Å². The minimum Gasteiger partial charge on any atom is -0.370 e. The molecule has 4 nitrogen and oxygen atoms in total. The van der Waals surface area contributed by atoms with E-state index in [2.05, 4.69) is 17.4 Å². The molecule has 0 unspecified atom stereocenters. The lowest BCUT2D eigenvalue weighted by atomic mass is 10.1. The summed E-state index contributed by atoms with van der Waals surface area (Å²) in [5, 5.41) is 3.14. The maximum Gasteiger partial charge on any atom is 0.251 e. The van der Waals surface area contributed by atoms with Gasteiger partial charge in [0.05, 0.1) is 13.2 Å². The van der Waals surface area contributed by atoms with E-state index in [0.29, 0.717) is 6.04 Å². The molecule has 1 aliphatic heterocycles. The third-order valence-electron chi connectivity index (χ3n) is 4.56. The number of quaternary nitrogens is 1. The Kier molecular flexibility index (Phi) is 4.88. The van der Waals surface area contributed by atoms with Crippen molar-refractivity contribution in [3.63, 3.8) is 0 Å². The Morgan fingerprint density at radius 3 is 2.48 bits per heavy atom. The summed E-state index contributed by atoms with van der Waals surface area (Å²) in [5.41, 5.74) is 2.08. The van der Waals surface area contributed by atoms with Gasteiger partial charge in [-0.1, -0.05) is 25.0 Å². The zero-order valence-corrected chi connectivity index (χ0v) is 12.6. The van der Waals surface area contributed by atoms with Crippen LogP contribution in [0.3, 0.4) is 0 Å². The molecule has 2 N–H and O–H groups in total. The van der Waals surface area contributed by atoms with Gasteiger partial charge in [-0.15, -0.1) is 0 Å². The molecule has 1 aromatic rings. The van der Waals surface area contributed by atoms with Crippen molar-refractivity contribution >= 4 is 5.91 Å². The molecule has 2 aliphatic rings. The number of morpholine rings is 1. The van der Waals surface area contributed by atoms with Gasteiger partial charge in [0.2, 0.25) is 0 Å². The lowest BCUT2D eigenvalue weighted by Crippen LogP contribution is -3.12. The van der Waals surface area contributed by atoms with E-state index in [1.165, 1.54) is 18.4 Å². The van der Waals surface area contributed by atoms with Gasteiger partial charge >= 0.3 is 0 Å². The van der Waals surface area contributed by atoms with Crippen molar-refractivity contribution in [1.29, 1.82) is 0 Å². The van der Waals surface area contributed by atoms with E-state index in [1.807, 2.05) is 12.1 Å². The summed E-state index contributed by atoms with van der Waals surface area (Å²) in [6.07, 6.45) is 4.74. The number of rotatable bonds is 4. The van der Waals surface area contributed by atoms with Crippen molar-refractivity contribution < 1.29 is 14.4 Å². The Hall–Kier alpha value is -1.39. The number of nitrogens with one attached hydrogen (secondary N) is 2. The monoisotopic (exact) mass is 289 g/mol. The number of amides is 1. The number of hydrogen-bond donors (Lipinski definition) is 2. The first-order valence-electron chi connectivity index (χ1n) is 8.12. The van der Waals surface area contributed by atoms with Crippen LogP contribution in [0.5, 0.6) is 0 Å². The normalized spacial score (nSPS) is 20.6. The molecule has 0 aromatic heterocycles. The highest BCUT2D eigenvalue weighted by Gasteiger charge is 2.18. The van der Waals surface area contributed by atoms with Crippen molar-refractivity contribution in [2.45, 2.75) is 38.3 Å². The maximum absolute atomic E-state index is 12.2. The quantitative estimate of drug-likeness (QED) is 0.860. The fourth-order valence-corrected chi connectivity index (χ4v) is 3.24. The zero-order chi connectivity index (χ0) is 14.5. The lowest BCUT2D eigenvalue weighted by molar-refractivity contribution is -0.921. The second kappa shape index (κ2) is 7.05. The molecule has 0 bridgehead atoms. The predicted molar refractivity (Wildman–Crippen MR) is 81.4 cm³/mol.